The number of amides is 1. The van der Waals surface area contributed by atoms with Crippen LogP contribution < -0.4 is 5.32 Å². The molecule has 2 rings (SSSR count). The van der Waals surface area contributed by atoms with Crippen LogP contribution >= 0.6 is 0 Å². The monoisotopic (exact) mass is 229 g/mol. The fraction of sp³-hybridized carbons (Fsp3) is 0.364. The fourth-order valence-electron chi connectivity index (χ4n) is 1.53. The average molecular weight is 229 g/mol. The molecule has 16 heavy (non-hydrogen) atoms. The van der Waals surface area contributed by atoms with Gasteiger partial charge in [0.1, 0.15) is 0 Å². The van der Waals surface area contributed by atoms with Crippen molar-refractivity contribution in [2.75, 3.05) is 5.32 Å². The average Bonchev–Trinajstić information content (AvgIpc) is 2.16. The minimum atomic E-state index is -1.56. The van der Waals surface area contributed by atoms with Crippen LogP contribution in [0.2, 0.25) is 0 Å². The van der Waals surface area contributed by atoms with E-state index in [9.17, 15) is 18.0 Å². The third kappa shape index (κ3) is 1.89. The quantitative estimate of drug-likeness (QED) is 0.776. The fourth-order valence-corrected chi connectivity index (χ4v) is 1.53. The van der Waals surface area contributed by atoms with Crippen LogP contribution in [-0.4, -0.2) is 5.91 Å². The van der Waals surface area contributed by atoms with Crippen LogP contribution in [0.3, 0.4) is 0 Å². The molecule has 0 saturated heterocycles. The Labute approximate surface area is 90.5 Å². The Balaban J connectivity index is 2.15. The first-order chi connectivity index (χ1) is 7.59. The summed E-state index contributed by atoms with van der Waals surface area (Å²) < 4.78 is 38.6. The van der Waals surface area contributed by atoms with E-state index in [2.05, 4.69) is 5.32 Å². The van der Waals surface area contributed by atoms with Gasteiger partial charge in [-0.3, -0.25) is 4.79 Å². The number of anilines is 1. The summed E-state index contributed by atoms with van der Waals surface area (Å²) in [5.74, 6) is -4.65. The second-order valence-electron chi connectivity index (χ2n) is 3.84. The Morgan fingerprint density at radius 1 is 1.19 bits per heavy atom. The Morgan fingerprint density at radius 2 is 1.88 bits per heavy atom. The molecule has 1 N–H and O–H groups in total. The van der Waals surface area contributed by atoms with Gasteiger partial charge in [-0.2, -0.15) is 0 Å². The summed E-state index contributed by atoms with van der Waals surface area (Å²) in [5.41, 5.74) is -0.309. The number of nitrogens with one attached hydrogen (secondary N) is 1. The third-order valence-corrected chi connectivity index (χ3v) is 2.77. The van der Waals surface area contributed by atoms with Crippen LogP contribution in [0, 0.1) is 23.4 Å². The van der Waals surface area contributed by atoms with E-state index >= 15 is 0 Å². The summed E-state index contributed by atoms with van der Waals surface area (Å²) in [6.45, 7) is 0. The molecule has 1 aromatic rings. The van der Waals surface area contributed by atoms with Gasteiger partial charge in [0.25, 0.3) is 0 Å². The molecule has 1 aliphatic rings. The van der Waals surface area contributed by atoms with Gasteiger partial charge in [0, 0.05) is 5.92 Å². The molecule has 0 atom stereocenters. The first-order valence-electron chi connectivity index (χ1n) is 5.04. The standard InChI is InChI=1S/C11H10F3NO/c12-7-4-5-8(10(14)9(7)13)15-11(16)6-2-1-3-6/h4-6H,1-3H2,(H,15,16). The van der Waals surface area contributed by atoms with Crippen LogP contribution in [0.25, 0.3) is 0 Å². The van der Waals surface area contributed by atoms with Crippen molar-refractivity contribution >= 4 is 11.6 Å². The highest BCUT2D eigenvalue weighted by Gasteiger charge is 2.26. The van der Waals surface area contributed by atoms with Crippen molar-refractivity contribution in [3.63, 3.8) is 0 Å². The zero-order valence-electron chi connectivity index (χ0n) is 8.40. The van der Waals surface area contributed by atoms with E-state index in [0.717, 1.165) is 31.4 Å². The topological polar surface area (TPSA) is 29.1 Å². The van der Waals surface area contributed by atoms with Gasteiger partial charge in [-0.15, -0.1) is 0 Å². The normalized spacial score (nSPS) is 15.7. The molecule has 0 spiro atoms. The highest BCUT2D eigenvalue weighted by atomic mass is 19.2. The van der Waals surface area contributed by atoms with Gasteiger partial charge in [0.05, 0.1) is 5.69 Å². The lowest BCUT2D eigenvalue weighted by Gasteiger charge is -2.24. The summed E-state index contributed by atoms with van der Waals surface area (Å²) in [7, 11) is 0. The minimum absolute atomic E-state index is 0.132. The molecule has 1 aromatic carbocycles. The number of carbonyl (C=O) groups excluding carboxylic acids is 1. The summed E-state index contributed by atoms with van der Waals surface area (Å²) in [6, 6.07) is 1.80. The lowest BCUT2D eigenvalue weighted by atomic mass is 9.85. The predicted octanol–water partition coefficient (Wildman–Crippen LogP) is 2.84. The van der Waals surface area contributed by atoms with Crippen LogP contribution in [-0.2, 0) is 4.79 Å². The Morgan fingerprint density at radius 3 is 2.44 bits per heavy atom. The van der Waals surface area contributed by atoms with Crippen molar-refractivity contribution in [3.8, 4) is 0 Å². The number of hydrogen-bond acceptors (Lipinski definition) is 1. The van der Waals surface area contributed by atoms with Gasteiger partial charge in [0.15, 0.2) is 17.5 Å². The van der Waals surface area contributed by atoms with E-state index in [1.165, 1.54) is 0 Å². The second-order valence-corrected chi connectivity index (χ2v) is 3.84. The highest BCUT2D eigenvalue weighted by molar-refractivity contribution is 5.93. The van der Waals surface area contributed by atoms with E-state index in [-0.39, 0.29) is 17.5 Å². The van der Waals surface area contributed by atoms with E-state index in [1.54, 1.807) is 0 Å². The predicted molar refractivity (Wildman–Crippen MR) is 52.3 cm³/mol. The van der Waals surface area contributed by atoms with E-state index in [0.29, 0.717) is 0 Å². The van der Waals surface area contributed by atoms with Crippen molar-refractivity contribution in [2.45, 2.75) is 19.3 Å². The van der Waals surface area contributed by atoms with Gasteiger partial charge in [0.2, 0.25) is 5.91 Å². The molecular weight excluding hydrogens is 219 g/mol. The zero-order valence-corrected chi connectivity index (χ0v) is 8.40. The Kier molecular flexibility index (Phi) is 2.85. The molecule has 1 fully saturated rings. The summed E-state index contributed by atoms with van der Waals surface area (Å²) >= 11 is 0. The van der Waals surface area contributed by atoms with E-state index in [1.807, 2.05) is 0 Å². The summed E-state index contributed by atoms with van der Waals surface area (Å²) in [4.78, 5) is 11.4. The molecule has 1 saturated carbocycles. The van der Waals surface area contributed by atoms with Gasteiger partial charge >= 0.3 is 0 Å². The van der Waals surface area contributed by atoms with Crippen molar-refractivity contribution < 1.29 is 18.0 Å². The number of halogens is 3. The Hall–Kier alpha value is -1.52. The number of benzene rings is 1. The molecular formula is C11H10F3NO. The van der Waals surface area contributed by atoms with Crippen molar-refractivity contribution in [3.05, 3.63) is 29.6 Å². The van der Waals surface area contributed by atoms with Gasteiger partial charge < -0.3 is 5.32 Å². The largest absolute Gasteiger partial charge is 0.323 e. The van der Waals surface area contributed by atoms with Crippen LogP contribution in [0.1, 0.15) is 19.3 Å². The molecule has 1 aliphatic carbocycles. The van der Waals surface area contributed by atoms with Gasteiger partial charge in [-0.25, -0.2) is 13.2 Å². The van der Waals surface area contributed by atoms with Gasteiger partial charge in [-0.1, -0.05) is 6.42 Å². The molecule has 0 aromatic heterocycles. The molecule has 5 heteroatoms. The molecule has 2 nitrogen and oxygen atoms in total. The summed E-state index contributed by atoms with van der Waals surface area (Å²) in [6.07, 6.45) is 2.49. The zero-order chi connectivity index (χ0) is 11.7. The number of rotatable bonds is 2. The lowest BCUT2D eigenvalue weighted by molar-refractivity contribution is -0.122. The van der Waals surface area contributed by atoms with Crippen LogP contribution in [0.15, 0.2) is 12.1 Å². The molecule has 0 bridgehead atoms. The highest BCUT2D eigenvalue weighted by Crippen LogP contribution is 2.28. The van der Waals surface area contributed by atoms with Crippen molar-refractivity contribution in [2.24, 2.45) is 5.92 Å². The minimum Gasteiger partial charge on any atom is -0.323 e. The van der Waals surface area contributed by atoms with Crippen LogP contribution in [0.4, 0.5) is 18.9 Å². The smallest absolute Gasteiger partial charge is 0.227 e. The maximum atomic E-state index is 13.2. The first kappa shape index (κ1) is 11.0. The third-order valence-electron chi connectivity index (χ3n) is 2.77. The maximum Gasteiger partial charge on any atom is 0.227 e. The Bertz CT molecular complexity index is 429. The molecule has 0 heterocycles. The maximum absolute atomic E-state index is 13.2. The second kappa shape index (κ2) is 4.15. The van der Waals surface area contributed by atoms with Gasteiger partial charge in [-0.05, 0) is 25.0 Å². The molecule has 86 valence electrons. The molecule has 0 aliphatic heterocycles. The SMILES string of the molecule is O=C(Nc1ccc(F)c(F)c1F)C1CCC1. The van der Waals surface area contributed by atoms with Crippen molar-refractivity contribution in [1.82, 2.24) is 0 Å². The van der Waals surface area contributed by atoms with Crippen LogP contribution in [0.5, 0.6) is 0 Å². The number of carbonyl (C=O) groups is 1. The van der Waals surface area contributed by atoms with E-state index < -0.39 is 17.5 Å². The summed E-state index contributed by atoms with van der Waals surface area (Å²) in [5, 5.41) is 2.26. The molecule has 0 unspecified atom stereocenters. The molecule has 0 radical (unpaired) electrons. The number of hydrogen-bond donors (Lipinski definition) is 1. The molecule has 1 amide bonds. The lowest BCUT2D eigenvalue weighted by Crippen LogP contribution is -2.28. The van der Waals surface area contributed by atoms with E-state index in [4.69, 9.17) is 0 Å². The van der Waals surface area contributed by atoms with Crippen molar-refractivity contribution in [1.29, 1.82) is 0 Å². The first-order valence-corrected chi connectivity index (χ1v) is 5.04.